The number of para-hydroxylation sites is 1. The van der Waals surface area contributed by atoms with E-state index in [-0.39, 0.29) is 0 Å². The monoisotopic (exact) mass is 286 g/mol. The Morgan fingerprint density at radius 3 is 3.00 bits per heavy atom. The van der Waals surface area contributed by atoms with Crippen LogP contribution in [0.15, 0.2) is 36.4 Å². The van der Waals surface area contributed by atoms with Crippen molar-refractivity contribution < 1.29 is 9.47 Å². The number of hydrogen-bond donors (Lipinski definition) is 0. The first-order chi connectivity index (χ1) is 10.4. The van der Waals surface area contributed by atoms with Gasteiger partial charge in [0.25, 0.3) is 0 Å². The molecule has 0 saturated carbocycles. The molecular weight excluding hydrogens is 264 g/mol. The standard InChI is InChI=1S/C17H22N2O2/c1-20-10-11-21-13-14-8-9-19(12-14)17-7-6-15-4-2-3-5-16(15)18-17/h2-7,14H,8-13H2,1H3/t14-/m1/s1. The lowest BCUT2D eigenvalue weighted by atomic mass is 10.1. The van der Waals surface area contributed by atoms with Crippen molar-refractivity contribution in [2.75, 3.05) is 44.9 Å². The number of fused-ring (bicyclic) bond motifs is 1. The minimum atomic E-state index is 0.593. The van der Waals surface area contributed by atoms with Gasteiger partial charge in [0.1, 0.15) is 5.82 Å². The van der Waals surface area contributed by atoms with E-state index in [4.69, 9.17) is 14.5 Å². The molecule has 0 N–H and O–H groups in total. The summed E-state index contributed by atoms with van der Waals surface area (Å²) in [6.07, 6.45) is 1.17. The molecule has 1 aliphatic rings. The number of hydrogen-bond acceptors (Lipinski definition) is 4. The van der Waals surface area contributed by atoms with Crippen LogP contribution in [0.4, 0.5) is 5.82 Å². The fraction of sp³-hybridized carbons (Fsp3) is 0.471. The van der Waals surface area contributed by atoms with Gasteiger partial charge in [0.2, 0.25) is 0 Å². The first-order valence-electron chi connectivity index (χ1n) is 7.54. The van der Waals surface area contributed by atoms with Crippen LogP contribution in [-0.2, 0) is 9.47 Å². The molecular formula is C17H22N2O2. The quantitative estimate of drug-likeness (QED) is 0.765. The van der Waals surface area contributed by atoms with Gasteiger partial charge in [-0.25, -0.2) is 4.98 Å². The zero-order valence-corrected chi connectivity index (χ0v) is 12.5. The van der Waals surface area contributed by atoms with Crippen molar-refractivity contribution >= 4 is 16.7 Å². The van der Waals surface area contributed by atoms with E-state index in [1.807, 2.05) is 12.1 Å². The lowest BCUT2D eigenvalue weighted by Gasteiger charge is -2.18. The van der Waals surface area contributed by atoms with E-state index in [1.165, 1.54) is 11.8 Å². The number of ether oxygens (including phenoxy) is 2. The van der Waals surface area contributed by atoms with Crippen LogP contribution in [0, 0.1) is 5.92 Å². The van der Waals surface area contributed by atoms with E-state index in [9.17, 15) is 0 Å². The Bertz CT molecular complexity index is 588. The lowest BCUT2D eigenvalue weighted by molar-refractivity contribution is 0.0549. The summed E-state index contributed by atoms with van der Waals surface area (Å²) in [6, 6.07) is 12.5. The zero-order valence-electron chi connectivity index (χ0n) is 12.5. The molecule has 1 aromatic heterocycles. The zero-order chi connectivity index (χ0) is 14.5. The summed E-state index contributed by atoms with van der Waals surface area (Å²) in [6.45, 7) is 4.25. The van der Waals surface area contributed by atoms with Gasteiger partial charge in [-0.2, -0.15) is 0 Å². The second kappa shape index (κ2) is 6.87. The van der Waals surface area contributed by atoms with Gasteiger partial charge in [0.15, 0.2) is 0 Å². The maximum Gasteiger partial charge on any atom is 0.129 e. The SMILES string of the molecule is COCCOC[C@@H]1CCN(c2ccc3ccccc3n2)C1. The molecule has 0 aliphatic carbocycles. The molecule has 2 heterocycles. The van der Waals surface area contributed by atoms with Gasteiger partial charge in [0, 0.05) is 31.5 Å². The molecule has 1 fully saturated rings. The summed E-state index contributed by atoms with van der Waals surface area (Å²) < 4.78 is 10.6. The molecule has 1 aromatic carbocycles. The second-order valence-corrected chi connectivity index (χ2v) is 5.53. The predicted molar refractivity (Wildman–Crippen MR) is 84.8 cm³/mol. The van der Waals surface area contributed by atoms with Crippen molar-refractivity contribution in [3.8, 4) is 0 Å². The van der Waals surface area contributed by atoms with Crippen LogP contribution >= 0.6 is 0 Å². The highest BCUT2D eigenvalue weighted by atomic mass is 16.5. The van der Waals surface area contributed by atoms with Crippen molar-refractivity contribution in [2.45, 2.75) is 6.42 Å². The van der Waals surface area contributed by atoms with Gasteiger partial charge in [-0.15, -0.1) is 0 Å². The number of anilines is 1. The Balaban J connectivity index is 1.59. The van der Waals surface area contributed by atoms with Gasteiger partial charge >= 0.3 is 0 Å². The Hall–Kier alpha value is -1.65. The van der Waals surface area contributed by atoms with E-state index < -0.39 is 0 Å². The Morgan fingerprint density at radius 1 is 1.19 bits per heavy atom. The van der Waals surface area contributed by atoms with Crippen LogP contribution in [0.3, 0.4) is 0 Å². The highest BCUT2D eigenvalue weighted by Crippen LogP contribution is 2.24. The third kappa shape index (κ3) is 3.52. The van der Waals surface area contributed by atoms with Gasteiger partial charge < -0.3 is 14.4 Å². The van der Waals surface area contributed by atoms with Crippen LogP contribution in [0.1, 0.15) is 6.42 Å². The van der Waals surface area contributed by atoms with Gasteiger partial charge in [0.05, 0.1) is 25.3 Å². The lowest BCUT2D eigenvalue weighted by Crippen LogP contribution is -2.22. The fourth-order valence-corrected chi connectivity index (χ4v) is 2.80. The number of rotatable bonds is 6. The van der Waals surface area contributed by atoms with Gasteiger partial charge in [-0.05, 0) is 24.6 Å². The Labute approximate surface area is 125 Å². The van der Waals surface area contributed by atoms with E-state index in [1.54, 1.807) is 7.11 Å². The summed E-state index contributed by atoms with van der Waals surface area (Å²) in [7, 11) is 1.70. The molecule has 1 aliphatic heterocycles. The fourth-order valence-electron chi connectivity index (χ4n) is 2.80. The number of nitrogens with zero attached hydrogens (tertiary/aromatic N) is 2. The minimum Gasteiger partial charge on any atom is -0.382 e. The van der Waals surface area contributed by atoms with E-state index in [0.29, 0.717) is 19.1 Å². The number of methoxy groups -OCH3 is 1. The normalized spacial score (nSPS) is 18.5. The highest BCUT2D eigenvalue weighted by Gasteiger charge is 2.23. The summed E-state index contributed by atoms with van der Waals surface area (Å²) in [4.78, 5) is 7.12. The molecule has 21 heavy (non-hydrogen) atoms. The molecule has 4 nitrogen and oxygen atoms in total. The van der Waals surface area contributed by atoms with Crippen LogP contribution in [0.25, 0.3) is 10.9 Å². The molecule has 3 rings (SSSR count). The molecule has 1 saturated heterocycles. The number of aromatic nitrogens is 1. The van der Waals surface area contributed by atoms with E-state index in [0.717, 1.165) is 31.0 Å². The van der Waals surface area contributed by atoms with Gasteiger partial charge in [-0.3, -0.25) is 0 Å². The average Bonchev–Trinajstić information content (AvgIpc) is 3.00. The van der Waals surface area contributed by atoms with Crippen LogP contribution in [0.2, 0.25) is 0 Å². The molecule has 112 valence electrons. The van der Waals surface area contributed by atoms with Gasteiger partial charge in [-0.1, -0.05) is 18.2 Å². The van der Waals surface area contributed by atoms with Crippen molar-refractivity contribution in [1.29, 1.82) is 0 Å². The smallest absolute Gasteiger partial charge is 0.129 e. The first-order valence-corrected chi connectivity index (χ1v) is 7.54. The summed E-state index contributed by atoms with van der Waals surface area (Å²) in [5.41, 5.74) is 1.06. The van der Waals surface area contributed by atoms with E-state index >= 15 is 0 Å². The minimum absolute atomic E-state index is 0.593. The van der Waals surface area contributed by atoms with Crippen molar-refractivity contribution in [1.82, 2.24) is 4.98 Å². The maximum atomic E-state index is 5.64. The summed E-state index contributed by atoms with van der Waals surface area (Å²) >= 11 is 0. The molecule has 2 aromatic rings. The highest BCUT2D eigenvalue weighted by molar-refractivity contribution is 5.80. The molecule has 0 unspecified atom stereocenters. The third-order valence-corrected chi connectivity index (χ3v) is 3.98. The molecule has 0 radical (unpaired) electrons. The third-order valence-electron chi connectivity index (χ3n) is 3.98. The van der Waals surface area contributed by atoms with Crippen molar-refractivity contribution in [3.05, 3.63) is 36.4 Å². The molecule has 4 heteroatoms. The van der Waals surface area contributed by atoms with Crippen LogP contribution in [-0.4, -0.2) is 45.0 Å². The molecule has 1 atom stereocenters. The Morgan fingerprint density at radius 2 is 2.10 bits per heavy atom. The van der Waals surface area contributed by atoms with Crippen LogP contribution in [0.5, 0.6) is 0 Å². The first kappa shape index (κ1) is 14.3. The average molecular weight is 286 g/mol. The molecule has 0 spiro atoms. The summed E-state index contributed by atoms with van der Waals surface area (Å²) in [5.74, 6) is 1.67. The Kier molecular flexibility index (Phi) is 4.68. The molecule has 0 bridgehead atoms. The number of pyridine rings is 1. The maximum absolute atomic E-state index is 5.64. The van der Waals surface area contributed by atoms with Crippen LogP contribution < -0.4 is 4.90 Å². The predicted octanol–water partition coefficient (Wildman–Crippen LogP) is 2.72. The second-order valence-electron chi connectivity index (χ2n) is 5.53. The summed E-state index contributed by atoms with van der Waals surface area (Å²) in [5, 5.41) is 1.19. The van der Waals surface area contributed by atoms with Crippen molar-refractivity contribution in [2.24, 2.45) is 5.92 Å². The van der Waals surface area contributed by atoms with Crippen molar-refractivity contribution in [3.63, 3.8) is 0 Å². The largest absolute Gasteiger partial charge is 0.382 e. The topological polar surface area (TPSA) is 34.6 Å². The molecule has 0 amide bonds. The number of benzene rings is 1. The van der Waals surface area contributed by atoms with E-state index in [2.05, 4.69) is 29.2 Å².